The van der Waals surface area contributed by atoms with Crippen LogP contribution in [-0.4, -0.2) is 33.0 Å². The lowest BCUT2D eigenvalue weighted by molar-refractivity contribution is -0.128. The number of nitrogens with zero attached hydrogens (tertiary/aromatic N) is 3. The van der Waals surface area contributed by atoms with Gasteiger partial charge in [0.15, 0.2) is 0 Å². The minimum atomic E-state index is -0.446. The maximum Gasteiger partial charge on any atom is 0.138 e. The Morgan fingerprint density at radius 2 is 1.56 bits per heavy atom. The van der Waals surface area contributed by atoms with Gasteiger partial charge >= 0.3 is 0 Å². The Kier molecular flexibility index (Phi) is 9.72. The average molecular weight is 450 g/mol. The Hall–Kier alpha value is -1.23. The van der Waals surface area contributed by atoms with Crippen molar-refractivity contribution in [3.05, 3.63) is 11.9 Å². The van der Waals surface area contributed by atoms with Crippen LogP contribution in [0.4, 0.5) is 0 Å². The number of hydrogen-bond donors (Lipinski definition) is 0. The van der Waals surface area contributed by atoms with E-state index in [1.165, 1.54) is 12.8 Å². The van der Waals surface area contributed by atoms with Crippen LogP contribution < -0.4 is 0 Å². The molecule has 0 unspecified atom stereocenters. The van der Waals surface area contributed by atoms with E-state index in [4.69, 9.17) is 4.74 Å². The van der Waals surface area contributed by atoms with Gasteiger partial charge in [0, 0.05) is 25.1 Å². The SMILES string of the molecule is CC(C)C(=O)CC(C)(C)OCCC(C)(C)n1cc(CC(C)(C)CCC(C)(C)C(C)C)nn1. The molecule has 5 nitrogen and oxygen atoms in total. The van der Waals surface area contributed by atoms with Gasteiger partial charge in [0.2, 0.25) is 0 Å². The van der Waals surface area contributed by atoms with Crippen molar-refractivity contribution in [3.63, 3.8) is 0 Å². The molecule has 0 spiro atoms. The molecular formula is C27H51N3O2. The van der Waals surface area contributed by atoms with Crippen molar-refractivity contribution >= 4 is 5.78 Å². The highest BCUT2D eigenvalue weighted by molar-refractivity contribution is 5.81. The standard InChI is InChI=1S/C27H51N3O2/c1-20(2)23(31)18-27(11,12)32-16-15-26(9,10)30-19-22(28-29-30)17-24(5,6)13-14-25(7,8)21(3)4/h19-21H,13-18H2,1-12H3. The Bertz CT molecular complexity index is 727. The van der Waals surface area contributed by atoms with E-state index in [9.17, 15) is 4.79 Å². The van der Waals surface area contributed by atoms with E-state index >= 15 is 0 Å². The van der Waals surface area contributed by atoms with Crippen molar-refractivity contribution in [2.75, 3.05) is 6.61 Å². The molecule has 1 heterocycles. The van der Waals surface area contributed by atoms with Gasteiger partial charge in [0.1, 0.15) is 5.78 Å². The number of hydrogen-bond acceptors (Lipinski definition) is 4. The quantitative estimate of drug-likeness (QED) is 0.312. The zero-order chi connectivity index (χ0) is 25.0. The van der Waals surface area contributed by atoms with Crippen LogP contribution in [0.2, 0.25) is 0 Å². The molecular weight excluding hydrogens is 398 g/mol. The molecule has 186 valence electrons. The molecule has 0 bridgehead atoms. The van der Waals surface area contributed by atoms with Crippen molar-refractivity contribution in [1.82, 2.24) is 15.0 Å². The number of carbonyl (C=O) groups excluding carboxylic acids is 1. The second kappa shape index (κ2) is 10.8. The minimum absolute atomic E-state index is 0.0450. The fraction of sp³-hybridized carbons (Fsp3) is 0.889. The first-order chi connectivity index (χ1) is 14.4. The first-order valence-corrected chi connectivity index (χ1v) is 12.5. The number of ether oxygens (including phenoxy) is 1. The van der Waals surface area contributed by atoms with E-state index < -0.39 is 5.60 Å². The Balaban J connectivity index is 2.66. The molecule has 32 heavy (non-hydrogen) atoms. The fourth-order valence-electron chi connectivity index (χ4n) is 3.57. The molecule has 0 amide bonds. The van der Waals surface area contributed by atoms with E-state index in [0.717, 1.165) is 18.5 Å². The van der Waals surface area contributed by atoms with Crippen LogP contribution in [-0.2, 0) is 21.5 Å². The third kappa shape index (κ3) is 9.33. The van der Waals surface area contributed by atoms with Crippen molar-refractivity contribution in [2.45, 2.75) is 126 Å². The van der Waals surface area contributed by atoms with Crippen LogP contribution in [0.15, 0.2) is 6.20 Å². The topological polar surface area (TPSA) is 57.0 Å². The van der Waals surface area contributed by atoms with Crippen LogP contribution in [0.25, 0.3) is 0 Å². The first-order valence-electron chi connectivity index (χ1n) is 12.5. The van der Waals surface area contributed by atoms with Gasteiger partial charge in [-0.1, -0.05) is 60.6 Å². The molecule has 0 fully saturated rings. The van der Waals surface area contributed by atoms with Crippen LogP contribution in [0.1, 0.15) is 114 Å². The predicted octanol–water partition coefficient (Wildman–Crippen LogP) is 6.84. The van der Waals surface area contributed by atoms with Crippen molar-refractivity contribution < 1.29 is 9.53 Å². The second-order valence-electron chi connectivity index (χ2n) is 13.1. The molecule has 0 saturated heterocycles. The zero-order valence-electron chi connectivity index (χ0n) is 23.1. The molecule has 5 heteroatoms. The Labute approximate surface area is 198 Å². The average Bonchev–Trinajstić information content (AvgIpc) is 3.08. The van der Waals surface area contributed by atoms with E-state index in [1.807, 2.05) is 32.4 Å². The summed E-state index contributed by atoms with van der Waals surface area (Å²) < 4.78 is 8.07. The molecule has 0 aliphatic rings. The zero-order valence-corrected chi connectivity index (χ0v) is 23.1. The molecule has 1 rings (SSSR count). The summed E-state index contributed by atoms with van der Waals surface area (Å²) in [4.78, 5) is 12.1. The molecule has 0 N–H and O–H groups in total. The maximum absolute atomic E-state index is 12.1. The maximum atomic E-state index is 12.1. The largest absolute Gasteiger partial charge is 0.375 e. The Morgan fingerprint density at radius 3 is 2.09 bits per heavy atom. The highest BCUT2D eigenvalue weighted by atomic mass is 16.5. The minimum Gasteiger partial charge on any atom is -0.375 e. The van der Waals surface area contributed by atoms with Crippen molar-refractivity contribution in [2.24, 2.45) is 22.7 Å². The normalized spacial score (nSPS) is 13.9. The van der Waals surface area contributed by atoms with Crippen LogP contribution in [0.3, 0.4) is 0 Å². The molecule has 1 aromatic heterocycles. The smallest absolute Gasteiger partial charge is 0.138 e. The summed E-state index contributed by atoms with van der Waals surface area (Å²) in [5.74, 6) is 0.967. The van der Waals surface area contributed by atoms with Crippen molar-refractivity contribution in [3.8, 4) is 0 Å². The van der Waals surface area contributed by atoms with E-state index in [-0.39, 0.29) is 22.7 Å². The summed E-state index contributed by atoms with van der Waals surface area (Å²) in [6, 6.07) is 0. The van der Waals surface area contributed by atoms with Gasteiger partial charge in [-0.15, -0.1) is 5.10 Å². The molecule has 1 aromatic rings. The lowest BCUT2D eigenvalue weighted by atomic mass is 9.72. The van der Waals surface area contributed by atoms with Gasteiger partial charge in [-0.3, -0.25) is 4.79 Å². The van der Waals surface area contributed by atoms with Gasteiger partial charge in [0.25, 0.3) is 0 Å². The van der Waals surface area contributed by atoms with Crippen LogP contribution >= 0.6 is 0 Å². The summed E-state index contributed by atoms with van der Waals surface area (Å²) in [5, 5.41) is 8.94. The van der Waals surface area contributed by atoms with Gasteiger partial charge < -0.3 is 4.74 Å². The summed E-state index contributed by atoms with van der Waals surface area (Å²) in [5.41, 5.74) is 0.943. The molecule has 0 atom stereocenters. The van der Waals surface area contributed by atoms with Gasteiger partial charge in [-0.05, 0) is 70.1 Å². The third-order valence-electron chi connectivity index (χ3n) is 7.28. The van der Waals surface area contributed by atoms with Gasteiger partial charge in [-0.2, -0.15) is 0 Å². The number of carbonyl (C=O) groups is 1. The molecule has 0 aromatic carbocycles. The summed E-state index contributed by atoms with van der Waals surface area (Å²) in [6.07, 6.45) is 6.67. The van der Waals surface area contributed by atoms with Crippen LogP contribution in [0, 0.1) is 22.7 Å². The van der Waals surface area contributed by atoms with Crippen molar-refractivity contribution in [1.29, 1.82) is 0 Å². The number of Topliss-reactive ketones (excluding diaryl/α,β-unsaturated/α-hetero) is 1. The molecule has 0 aliphatic carbocycles. The fourth-order valence-corrected chi connectivity index (χ4v) is 3.57. The van der Waals surface area contributed by atoms with E-state index in [1.54, 1.807) is 0 Å². The lowest BCUT2D eigenvalue weighted by Gasteiger charge is -2.33. The lowest BCUT2D eigenvalue weighted by Crippen LogP contribution is -2.34. The van der Waals surface area contributed by atoms with E-state index in [0.29, 0.717) is 24.4 Å². The number of aromatic nitrogens is 3. The summed E-state index contributed by atoms with van der Waals surface area (Å²) in [7, 11) is 0. The van der Waals surface area contributed by atoms with Crippen LogP contribution in [0.5, 0.6) is 0 Å². The highest BCUT2D eigenvalue weighted by Crippen LogP contribution is 2.37. The first kappa shape index (κ1) is 28.8. The summed E-state index contributed by atoms with van der Waals surface area (Å²) >= 11 is 0. The third-order valence-corrected chi connectivity index (χ3v) is 7.28. The molecule has 0 radical (unpaired) electrons. The Morgan fingerprint density at radius 1 is 0.969 bits per heavy atom. The number of ketones is 1. The van der Waals surface area contributed by atoms with Gasteiger partial charge in [-0.25, -0.2) is 4.68 Å². The summed E-state index contributed by atoms with van der Waals surface area (Å²) in [6.45, 7) is 26.8. The predicted molar refractivity (Wildman–Crippen MR) is 134 cm³/mol. The number of rotatable bonds is 14. The molecule has 0 aliphatic heterocycles. The highest BCUT2D eigenvalue weighted by Gasteiger charge is 2.30. The molecule has 0 saturated carbocycles. The van der Waals surface area contributed by atoms with E-state index in [2.05, 4.69) is 71.9 Å². The monoisotopic (exact) mass is 449 g/mol. The second-order valence-corrected chi connectivity index (χ2v) is 13.1. The van der Waals surface area contributed by atoms with Gasteiger partial charge in [0.05, 0.1) is 16.8 Å².